The Labute approximate surface area is 136 Å². The van der Waals surface area contributed by atoms with Crippen LogP contribution in [0.3, 0.4) is 0 Å². The molecule has 1 heterocycles. The van der Waals surface area contributed by atoms with Crippen molar-refractivity contribution in [1.82, 2.24) is 4.98 Å². The number of hydrogen-bond acceptors (Lipinski definition) is 1. The lowest BCUT2D eigenvalue weighted by molar-refractivity contribution is 0.112. The first-order valence-electron chi connectivity index (χ1n) is 6.24. The Bertz CT molecular complexity index is 868. The molecule has 3 rings (SSSR count). The molecule has 21 heavy (non-hydrogen) atoms. The smallest absolute Gasteiger partial charge is 0.152 e. The largest absolute Gasteiger partial charge is 0.354 e. The van der Waals surface area contributed by atoms with Crippen LogP contribution in [0.1, 0.15) is 15.9 Å². The maximum absolute atomic E-state index is 11.5. The van der Waals surface area contributed by atoms with Gasteiger partial charge in [0.1, 0.15) is 0 Å². The molecule has 106 valence electrons. The van der Waals surface area contributed by atoms with Crippen LogP contribution in [0.5, 0.6) is 0 Å². The van der Waals surface area contributed by atoms with E-state index in [0.717, 1.165) is 28.3 Å². The molecule has 5 heteroatoms. The maximum atomic E-state index is 11.5. The zero-order valence-corrected chi connectivity index (χ0v) is 13.3. The Morgan fingerprint density at radius 3 is 2.48 bits per heavy atom. The van der Waals surface area contributed by atoms with Gasteiger partial charge in [0, 0.05) is 26.6 Å². The first kappa shape index (κ1) is 14.5. The summed E-state index contributed by atoms with van der Waals surface area (Å²) in [7, 11) is 0. The summed E-state index contributed by atoms with van der Waals surface area (Å²) >= 11 is 18.3. The Morgan fingerprint density at radius 2 is 1.81 bits per heavy atom. The lowest BCUT2D eigenvalue weighted by atomic mass is 10.1. The molecular formula is C16H10Cl3NO. The van der Waals surface area contributed by atoms with Crippen molar-refractivity contribution in [2.75, 3.05) is 0 Å². The van der Waals surface area contributed by atoms with E-state index >= 15 is 0 Å². The van der Waals surface area contributed by atoms with Gasteiger partial charge in [-0.15, -0.1) is 0 Å². The fourth-order valence-corrected chi connectivity index (χ4v) is 3.09. The van der Waals surface area contributed by atoms with Crippen LogP contribution in [0.15, 0.2) is 30.3 Å². The highest BCUT2D eigenvalue weighted by Crippen LogP contribution is 2.37. The Balaban J connectivity index is 2.37. The summed E-state index contributed by atoms with van der Waals surface area (Å²) in [6.07, 6.45) is 0.826. The van der Waals surface area contributed by atoms with Crippen molar-refractivity contribution in [2.45, 2.75) is 6.92 Å². The molecule has 0 spiro atoms. The highest BCUT2D eigenvalue weighted by atomic mass is 35.5. The van der Waals surface area contributed by atoms with Crippen molar-refractivity contribution in [3.63, 3.8) is 0 Å². The number of rotatable bonds is 2. The van der Waals surface area contributed by atoms with Crippen molar-refractivity contribution < 1.29 is 4.79 Å². The van der Waals surface area contributed by atoms with Gasteiger partial charge in [-0.05, 0) is 36.8 Å². The highest BCUT2D eigenvalue weighted by molar-refractivity contribution is 6.36. The molecule has 0 aliphatic carbocycles. The second kappa shape index (κ2) is 5.38. The number of aryl methyl sites for hydroxylation is 1. The van der Waals surface area contributed by atoms with Crippen molar-refractivity contribution >= 4 is 52.0 Å². The van der Waals surface area contributed by atoms with Gasteiger partial charge in [0.25, 0.3) is 0 Å². The molecule has 0 saturated heterocycles. The second-order valence-corrected chi connectivity index (χ2v) is 6.00. The van der Waals surface area contributed by atoms with E-state index in [1.807, 2.05) is 13.0 Å². The average Bonchev–Trinajstić information content (AvgIpc) is 2.82. The van der Waals surface area contributed by atoms with E-state index in [1.54, 1.807) is 24.3 Å². The van der Waals surface area contributed by atoms with E-state index in [-0.39, 0.29) is 0 Å². The number of nitrogens with one attached hydrogen (secondary N) is 1. The predicted octanol–water partition coefficient (Wildman–Crippen LogP) is 5.92. The summed E-state index contributed by atoms with van der Waals surface area (Å²) in [6, 6.07) is 8.80. The van der Waals surface area contributed by atoms with Gasteiger partial charge in [-0.1, -0.05) is 40.9 Å². The van der Waals surface area contributed by atoms with Crippen molar-refractivity contribution in [1.29, 1.82) is 0 Å². The number of H-pyrrole nitrogens is 1. The summed E-state index contributed by atoms with van der Waals surface area (Å²) in [5, 5.41) is 2.51. The molecule has 2 aromatic carbocycles. The summed E-state index contributed by atoms with van der Waals surface area (Å²) in [6.45, 7) is 1.91. The number of carbonyl (C=O) groups is 1. The molecule has 0 aliphatic rings. The fourth-order valence-electron chi connectivity index (χ4n) is 2.43. The molecule has 0 amide bonds. The van der Waals surface area contributed by atoms with E-state index in [0.29, 0.717) is 26.3 Å². The Kier molecular flexibility index (Phi) is 3.70. The SMILES string of the molecule is Cc1c(Cl)ccc2c(C=O)c(-c3ccc(Cl)cc3Cl)[nH]c12. The van der Waals surface area contributed by atoms with Crippen LogP contribution in [0.2, 0.25) is 15.1 Å². The first-order chi connectivity index (χ1) is 10.0. The molecule has 1 aromatic heterocycles. The number of benzene rings is 2. The zero-order valence-electron chi connectivity index (χ0n) is 11.0. The summed E-state index contributed by atoms with van der Waals surface area (Å²) < 4.78 is 0. The average molecular weight is 339 g/mol. The predicted molar refractivity (Wildman–Crippen MR) is 88.9 cm³/mol. The summed E-state index contributed by atoms with van der Waals surface area (Å²) in [5.74, 6) is 0. The number of carbonyl (C=O) groups excluding carboxylic acids is 1. The molecule has 3 aromatic rings. The van der Waals surface area contributed by atoms with Gasteiger partial charge in [0.2, 0.25) is 0 Å². The van der Waals surface area contributed by atoms with Gasteiger partial charge < -0.3 is 4.98 Å². The molecule has 0 unspecified atom stereocenters. The lowest BCUT2D eigenvalue weighted by Crippen LogP contribution is -1.85. The molecule has 0 aliphatic heterocycles. The normalized spacial score (nSPS) is 11.0. The highest BCUT2D eigenvalue weighted by Gasteiger charge is 2.17. The van der Waals surface area contributed by atoms with Gasteiger partial charge in [0.05, 0.1) is 16.2 Å². The van der Waals surface area contributed by atoms with Crippen LogP contribution in [0, 0.1) is 6.92 Å². The summed E-state index contributed by atoms with van der Waals surface area (Å²) in [4.78, 5) is 14.8. The first-order valence-corrected chi connectivity index (χ1v) is 7.37. The Hall–Kier alpha value is -1.48. The number of fused-ring (bicyclic) bond motifs is 1. The van der Waals surface area contributed by atoms with Crippen LogP contribution < -0.4 is 0 Å². The van der Waals surface area contributed by atoms with Crippen LogP contribution in [0.4, 0.5) is 0 Å². The minimum atomic E-state index is 0.487. The van der Waals surface area contributed by atoms with Gasteiger partial charge >= 0.3 is 0 Å². The maximum Gasteiger partial charge on any atom is 0.152 e. The molecule has 0 radical (unpaired) electrons. The molecule has 0 bridgehead atoms. The third kappa shape index (κ3) is 2.34. The van der Waals surface area contributed by atoms with Crippen LogP contribution in [0.25, 0.3) is 22.2 Å². The van der Waals surface area contributed by atoms with Gasteiger partial charge in [-0.2, -0.15) is 0 Å². The number of halogens is 3. The molecule has 0 fully saturated rings. The third-order valence-corrected chi connectivity index (χ3v) is 4.48. The fraction of sp³-hybridized carbons (Fsp3) is 0.0625. The molecule has 1 N–H and O–H groups in total. The number of aromatic nitrogens is 1. The van der Waals surface area contributed by atoms with Gasteiger partial charge in [0.15, 0.2) is 6.29 Å². The van der Waals surface area contributed by atoms with E-state index < -0.39 is 0 Å². The number of aromatic amines is 1. The van der Waals surface area contributed by atoms with Crippen molar-refractivity contribution in [3.05, 3.63) is 56.5 Å². The second-order valence-electron chi connectivity index (χ2n) is 4.75. The van der Waals surface area contributed by atoms with Crippen LogP contribution >= 0.6 is 34.8 Å². The topological polar surface area (TPSA) is 32.9 Å². The van der Waals surface area contributed by atoms with E-state index in [9.17, 15) is 4.79 Å². The van der Waals surface area contributed by atoms with E-state index in [4.69, 9.17) is 34.8 Å². The Morgan fingerprint density at radius 1 is 1.05 bits per heavy atom. The standard InChI is InChI=1S/C16H10Cl3NO/c1-8-13(18)5-4-10-12(7-21)16(20-15(8)10)11-3-2-9(17)6-14(11)19/h2-7,20H,1H3. The summed E-state index contributed by atoms with van der Waals surface area (Å²) in [5.41, 5.74) is 3.70. The third-order valence-electron chi connectivity index (χ3n) is 3.53. The van der Waals surface area contributed by atoms with Gasteiger partial charge in [-0.3, -0.25) is 4.79 Å². The molecular weight excluding hydrogens is 329 g/mol. The number of aldehydes is 1. The van der Waals surface area contributed by atoms with E-state index in [1.165, 1.54) is 0 Å². The monoisotopic (exact) mass is 337 g/mol. The van der Waals surface area contributed by atoms with Crippen LogP contribution in [-0.2, 0) is 0 Å². The lowest BCUT2D eigenvalue weighted by Gasteiger charge is -2.03. The minimum absolute atomic E-state index is 0.487. The van der Waals surface area contributed by atoms with Gasteiger partial charge in [-0.25, -0.2) is 0 Å². The van der Waals surface area contributed by atoms with Crippen molar-refractivity contribution in [2.24, 2.45) is 0 Å². The molecule has 0 atom stereocenters. The molecule has 2 nitrogen and oxygen atoms in total. The minimum Gasteiger partial charge on any atom is -0.354 e. The van der Waals surface area contributed by atoms with Crippen molar-refractivity contribution in [3.8, 4) is 11.3 Å². The van der Waals surface area contributed by atoms with Crippen LogP contribution in [-0.4, -0.2) is 11.3 Å². The van der Waals surface area contributed by atoms with E-state index in [2.05, 4.69) is 4.98 Å². The zero-order chi connectivity index (χ0) is 15.1. The molecule has 0 saturated carbocycles. The quantitative estimate of drug-likeness (QED) is 0.578. The number of hydrogen-bond donors (Lipinski definition) is 1.